The highest BCUT2D eigenvalue weighted by atomic mass is 16.5. The van der Waals surface area contributed by atoms with Crippen molar-refractivity contribution < 1.29 is 9.32 Å². The number of imidazole rings is 1. The molecular weight excluding hydrogens is 330 g/mol. The number of carbonyl (C=O) groups is 1. The van der Waals surface area contributed by atoms with Crippen LogP contribution in [0.15, 0.2) is 34.9 Å². The Morgan fingerprint density at radius 1 is 1.23 bits per heavy atom. The largest absolute Gasteiger partial charge is 0.345 e. The van der Waals surface area contributed by atoms with Crippen LogP contribution in [0, 0.1) is 13.8 Å². The van der Waals surface area contributed by atoms with E-state index in [1.807, 2.05) is 31.2 Å². The van der Waals surface area contributed by atoms with E-state index in [0.29, 0.717) is 34.6 Å². The van der Waals surface area contributed by atoms with Gasteiger partial charge >= 0.3 is 0 Å². The van der Waals surface area contributed by atoms with Gasteiger partial charge in [-0.25, -0.2) is 9.97 Å². The summed E-state index contributed by atoms with van der Waals surface area (Å²) in [5.41, 5.74) is 4.25. The number of rotatable bonds is 4. The Kier molecular flexibility index (Phi) is 3.91. The van der Waals surface area contributed by atoms with Crippen molar-refractivity contribution in [2.45, 2.75) is 33.9 Å². The third-order valence-corrected chi connectivity index (χ3v) is 4.45. The van der Waals surface area contributed by atoms with Crippen LogP contribution < -0.4 is 5.32 Å². The maximum Gasteiger partial charge on any atom is 0.258 e. The Bertz CT molecular complexity index is 1130. The highest BCUT2D eigenvalue weighted by Gasteiger charge is 2.18. The molecule has 0 saturated heterocycles. The smallest absolute Gasteiger partial charge is 0.258 e. The fourth-order valence-electron chi connectivity index (χ4n) is 3.26. The van der Waals surface area contributed by atoms with Gasteiger partial charge in [-0.15, -0.1) is 0 Å². The number of pyridine rings is 1. The van der Waals surface area contributed by atoms with Crippen molar-refractivity contribution in [1.29, 1.82) is 0 Å². The number of nitrogens with one attached hydrogen (secondary N) is 1. The van der Waals surface area contributed by atoms with Crippen molar-refractivity contribution in [3.63, 3.8) is 0 Å². The molecule has 1 N–H and O–H groups in total. The molecule has 0 fully saturated rings. The molecule has 0 unspecified atom stereocenters. The zero-order chi connectivity index (χ0) is 18.3. The van der Waals surface area contributed by atoms with E-state index in [2.05, 4.69) is 31.9 Å². The SMILES string of the molecule is CCn1c(CNC(=O)c2cc(C)nc3onc(C)c23)nc2ccccc21. The standard InChI is InChI=1S/C19H19N5O2/c1-4-24-15-8-6-5-7-14(15)22-16(24)10-20-18(25)13-9-11(2)21-19-17(13)12(3)23-26-19/h5-9H,4,10H2,1-3H3,(H,20,25). The van der Waals surface area contributed by atoms with Crippen LogP contribution in [-0.4, -0.2) is 25.6 Å². The summed E-state index contributed by atoms with van der Waals surface area (Å²) >= 11 is 0. The maximum absolute atomic E-state index is 12.8. The molecule has 0 spiro atoms. The second-order valence-electron chi connectivity index (χ2n) is 6.20. The first-order valence-corrected chi connectivity index (χ1v) is 8.54. The maximum atomic E-state index is 12.8. The number of carbonyl (C=O) groups excluding carboxylic acids is 1. The number of fused-ring (bicyclic) bond motifs is 2. The third kappa shape index (κ3) is 2.61. The number of benzene rings is 1. The number of hydrogen-bond acceptors (Lipinski definition) is 5. The summed E-state index contributed by atoms with van der Waals surface area (Å²) in [6.45, 7) is 6.82. The number of amides is 1. The summed E-state index contributed by atoms with van der Waals surface area (Å²) in [7, 11) is 0. The van der Waals surface area contributed by atoms with Gasteiger partial charge in [0.1, 0.15) is 5.82 Å². The van der Waals surface area contributed by atoms with Gasteiger partial charge in [0, 0.05) is 12.2 Å². The van der Waals surface area contributed by atoms with E-state index in [9.17, 15) is 4.79 Å². The second kappa shape index (κ2) is 6.25. The lowest BCUT2D eigenvalue weighted by molar-refractivity contribution is 0.0951. The molecule has 0 aliphatic rings. The van der Waals surface area contributed by atoms with E-state index < -0.39 is 0 Å². The van der Waals surface area contributed by atoms with E-state index in [0.717, 1.165) is 23.4 Å². The Hall–Kier alpha value is -3.22. The lowest BCUT2D eigenvalue weighted by atomic mass is 10.1. The van der Waals surface area contributed by atoms with Gasteiger partial charge in [-0.1, -0.05) is 17.3 Å². The Balaban J connectivity index is 1.65. The van der Waals surface area contributed by atoms with Crippen LogP contribution in [0.4, 0.5) is 0 Å². The predicted octanol–water partition coefficient (Wildman–Crippen LogP) is 3.14. The lowest BCUT2D eigenvalue weighted by Crippen LogP contribution is -2.25. The summed E-state index contributed by atoms with van der Waals surface area (Å²) in [5, 5.41) is 7.54. The van der Waals surface area contributed by atoms with Crippen LogP contribution in [0.5, 0.6) is 0 Å². The number of aryl methyl sites for hydroxylation is 3. The van der Waals surface area contributed by atoms with Gasteiger partial charge in [-0.3, -0.25) is 4.79 Å². The fraction of sp³-hybridized carbons (Fsp3) is 0.263. The first kappa shape index (κ1) is 16.3. The molecule has 0 aliphatic carbocycles. The zero-order valence-corrected chi connectivity index (χ0v) is 14.9. The molecule has 26 heavy (non-hydrogen) atoms. The molecule has 0 aliphatic heterocycles. The van der Waals surface area contributed by atoms with Gasteiger partial charge in [0.2, 0.25) is 0 Å². The van der Waals surface area contributed by atoms with Crippen molar-refractivity contribution in [2.24, 2.45) is 0 Å². The topological polar surface area (TPSA) is 85.8 Å². The van der Waals surface area contributed by atoms with Crippen LogP contribution in [-0.2, 0) is 13.1 Å². The van der Waals surface area contributed by atoms with Gasteiger partial charge in [0.25, 0.3) is 11.6 Å². The highest BCUT2D eigenvalue weighted by molar-refractivity contribution is 6.06. The molecule has 3 aromatic heterocycles. The number of nitrogens with zero attached hydrogens (tertiary/aromatic N) is 4. The van der Waals surface area contributed by atoms with Gasteiger partial charge in [-0.05, 0) is 39.0 Å². The van der Waals surface area contributed by atoms with Crippen molar-refractivity contribution in [3.8, 4) is 0 Å². The summed E-state index contributed by atoms with van der Waals surface area (Å²) in [5.74, 6) is 0.632. The highest BCUT2D eigenvalue weighted by Crippen LogP contribution is 2.22. The first-order valence-electron chi connectivity index (χ1n) is 8.54. The lowest BCUT2D eigenvalue weighted by Gasteiger charge is -2.09. The summed E-state index contributed by atoms with van der Waals surface area (Å²) in [6.07, 6.45) is 0. The molecular formula is C19H19N5O2. The van der Waals surface area contributed by atoms with Crippen molar-refractivity contribution in [3.05, 3.63) is 53.1 Å². The Labute approximate surface area is 150 Å². The van der Waals surface area contributed by atoms with Crippen molar-refractivity contribution in [2.75, 3.05) is 0 Å². The molecule has 0 saturated carbocycles. The molecule has 132 valence electrons. The zero-order valence-electron chi connectivity index (χ0n) is 14.9. The Morgan fingerprint density at radius 3 is 2.85 bits per heavy atom. The van der Waals surface area contributed by atoms with E-state index in [-0.39, 0.29) is 5.91 Å². The van der Waals surface area contributed by atoms with Crippen molar-refractivity contribution in [1.82, 2.24) is 25.0 Å². The quantitative estimate of drug-likeness (QED) is 0.612. The number of para-hydroxylation sites is 2. The first-order chi connectivity index (χ1) is 12.6. The van der Waals surface area contributed by atoms with Gasteiger partial charge < -0.3 is 14.4 Å². The molecule has 0 bridgehead atoms. The number of hydrogen-bond donors (Lipinski definition) is 1. The third-order valence-electron chi connectivity index (χ3n) is 4.45. The summed E-state index contributed by atoms with van der Waals surface area (Å²) < 4.78 is 7.31. The Morgan fingerprint density at radius 2 is 2.04 bits per heavy atom. The van der Waals surface area contributed by atoms with Crippen molar-refractivity contribution >= 4 is 28.0 Å². The average molecular weight is 349 g/mol. The van der Waals surface area contributed by atoms with E-state index in [4.69, 9.17) is 4.52 Å². The number of aromatic nitrogens is 4. The molecule has 7 heteroatoms. The van der Waals surface area contributed by atoms with Gasteiger partial charge in [-0.2, -0.15) is 0 Å². The molecule has 0 atom stereocenters. The second-order valence-corrected chi connectivity index (χ2v) is 6.20. The predicted molar refractivity (Wildman–Crippen MR) is 97.9 cm³/mol. The van der Waals surface area contributed by atoms with Crippen LogP contribution >= 0.6 is 0 Å². The van der Waals surface area contributed by atoms with Gasteiger partial charge in [0.05, 0.1) is 34.2 Å². The molecule has 4 rings (SSSR count). The molecule has 1 amide bonds. The molecule has 3 heterocycles. The van der Waals surface area contributed by atoms with E-state index >= 15 is 0 Å². The van der Waals surface area contributed by atoms with E-state index in [1.165, 1.54) is 0 Å². The van der Waals surface area contributed by atoms with Crippen LogP contribution in [0.1, 0.15) is 34.5 Å². The molecule has 7 nitrogen and oxygen atoms in total. The average Bonchev–Trinajstić information content (AvgIpc) is 3.19. The van der Waals surface area contributed by atoms with Crippen LogP contribution in [0.3, 0.4) is 0 Å². The summed E-state index contributed by atoms with van der Waals surface area (Å²) in [4.78, 5) is 21.7. The van der Waals surface area contributed by atoms with Crippen LogP contribution in [0.25, 0.3) is 22.1 Å². The molecule has 4 aromatic rings. The molecule has 1 aromatic carbocycles. The monoisotopic (exact) mass is 349 g/mol. The van der Waals surface area contributed by atoms with E-state index in [1.54, 1.807) is 13.0 Å². The fourth-order valence-corrected chi connectivity index (χ4v) is 3.26. The minimum absolute atomic E-state index is 0.193. The van der Waals surface area contributed by atoms with Gasteiger partial charge in [0.15, 0.2) is 0 Å². The normalized spacial score (nSPS) is 11.3. The molecule has 0 radical (unpaired) electrons. The minimum Gasteiger partial charge on any atom is -0.345 e. The minimum atomic E-state index is -0.193. The van der Waals surface area contributed by atoms with Crippen LogP contribution in [0.2, 0.25) is 0 Å². The summed E-state index contributed by atoms with van der Waals surface area (Å²) in [6, 6.07) is 9.72.